The Morgan fingerprint density at radius 1 is 1.05 bits per heavy atom. The largest absolute Gasteiger partial charge is 0.469 e. The van der Waals surface area contributed by atoms with Gasteiger partial charge < -0.3 is 18.9 Å². The second-order valence-electron chi connectivity index (χ2n) is 10.3. The number of likely N-dealkylation sites (tertiary alicyclic amines) is 1. The summed E-state index contributed by atoms with van der Waals surface area (Å²) in [6.45, 7) is 9.66. The van der Waals surface area contributed by atoms with Crippen LogP contribution in [0.25, 0.3) is 11.2 Å². The van der Waals surface area contributed by atoms with Crippen molar-refractivity contribution < 1.29 is 22.7 Å². The van der Waals surface area contributed by atoms with Crippen molar-refractivity contribution in [3.8, 4) is 0 Å². The van der Waals surface area contributed by atoms with E-state index in [0.29, 0.717) is 36.1 Å². The molecule has 1 aliphatic heterocycles. The second-order valence-corrected chi connectivity index (χ2v) is 13.0. The van der Waals surface area contributed by atoms with Gasteiger partial charge in [0.15, 0.2) is 20.5 Å². The number of nitrogens with zero attached hydrogens (tertiary/aromatic N) is 5. The van der Waals surface area contributed by atoms with Gasteiger partial charge in [-0.05, 0) is 71.0 Å². The molecule has 39 heavy (non-hydrogen) atoms. The predicted octanol–water partition coefficient (Wildman–Crippen LogP) is 4.78. The molecule has 1 fully saturated rings. The highest BCUT2D eigenvalue weighted by atomic mass is 35.5. The Bertz CT molecular complexity index is 1180. The number of carbonyl (C=O) groups is 1. The minimum Gasteiger partial charge on any atom is -0.469 e. The van der Waals surface area contributed by atoms with Gasteiger partial charge in [0.05, 0.1) is 18.5 Å². The maximum Gasteiger partial charge on any atom is 0.305 e. The molecule has 0 unspecified atom stereocenters. The summed E-state index contributed by atoms with van der Waals surface area (Å²) in [5.41, 5.74) is 0.779. The molecule has 0 aliphatic carbocycles. The molecule has 0 amide bonds. The van der Waals surface area contributed by atoms with E-state index in [1.54, 1.807) is 13.8 Å². The molecule has 0 aromatic carbocycles. The van der Waals surface area contributed by atoms with Crippen molar-refractivity contribution in [3.63, 3.8) is 0 Å². The van der Waals surface area contributed by atoms with Crippen molar-refractivity contribution in [2.24, 2.45) is 0 Å². The van der Waals surface area contributed by atoms with Crippen LogP contribution in [0.1, 0.15) is 77.5 Å². The fraction of sp³-hybridized carbons (Fsp3) is 0.769. The number of sulfone groups is 1. The predicted molar refractivity (Wildman–Crippen MR) is 154 cm³/mol. The molecule has 13 heteroatoms. The summed E-state index contributed by atoms with van der Waals surface area (Å²) in [5.74, 6) is 0.567. The molecule has 0 radical (unpaired) electrons. The number of carbonyl (C=O) groups excluding carboxylic acids is 1. The van der Waals surface area contributed by atoms with Crippen LogP contribution in [-0.2, 0) is 30.7 Å². The Balaban J connectivity index is 0.00000533. The molecule has 0 N–H and O–H groups in total. The van der Waals surface area contributed by atoms with Gasteiger partial charge >= 0.3 is 5.97 Å². The Morgan fingerprint density at radius 2 is 1.74 bits per heavy atom. The van der Waals surface area contributed by atoms with Gasteiger partial charge in [0.1, 0.15) is 11.3 Å². The van der Waals surface area contributed by atoms with Crippen molar-refractivity contribution in [1.82, 2.24) is 24.4 Å². The Hall–Kier alpha value is -1.53. The molecule has 1 atom stereocenters. The molecule has 3 rings (SSSR count). The first-order valence-electron chi connectivity index (χ1n) is 13.7. The van der Waals surface area contributed by atoms with E-state index in [2.05, 4.69) is 24.6 Å². The molecule has 2 aromatic heterocycles. The highest BCUT2D eigenvalue weighted by molar-refractivity contribution is 7.92. The number of esters is 1. The average molecular weight is 609 g/mol. The normalized spacial score (nSPS) is 16.2. The first-order chi connectivity index (χ1) is 18.1. The van der Waals surface area contributed by atoms with Crippen molar-refractivity contribution in [2.75, 3.05) is 33.4 Å². The van der Waals surface area contributed by atoms with Gasteiger partial charge in [-0.3, -0.25) is 4.79 Å². The number of ether oxygens (including phenoxy) is 2. The lowest BCUT2D eigenvalue weighted by atomic mass is 10.2. The number of hydrogen-bond acceptors (Lipinski definition) is 9. The maximum atomic E-state index is 12.9. The van der Waals surface area contributed by atoms with Crippen LogP contribution in [0.4, 0.5) is 0 Å². The summed E-state index contributed by atoms with van der Waals surface area (Å²) in [6, 6.07) is 0. The van der Waals surface area contributed by atoms with Crippen LogP contribution >= 0.6 is 24.0 Å². The van der Waals surface area contributed by atoms with Gasteiger partial charge in [0.25, 0.3) is 0 Å². The number of rotatable bonds is 16. The molecular formula is C26H43Cl2N5O5S. The lowest BCUT2D eigenvalue weighted by molar-refractivity contribution is -0.140. The fourth-order valence-electron chi connectivity index (χ4n) is 4.78. The fourth-order valence-corrected chi connectivity index (χ4v) is 6.12. The topological polar surface area (TPSA) is 117 Å². The minimum atomic E-state index is -3.63. The molecule has 1 saturated heterocycles. The number of aryl methyl sites for hydroxylation is 2. The third kappa shape index (κ3) is 9.52. The van der Waals surface area contributed by atoms with E-state index in [0.717, 1.165) is 77.6 Å². The first-order valence-corrected chi connectivity index (χ1v) is 15.6. The summed E-state index contributed by atoms with van der Waals surface area (Å²) in [6.07, 6.45) is 8.85. The van der Waals surface area contributed by atoms with Gasteiger partial charge in [0.2, 0.25) is 5.28 Å². The van der Waals surface area contributed by atoms with E-state index in [4.69, 9.17) is 16.3 Å². The molecular weight excluding hydrogens is 565 g/mol. The number of imidazole rings is 1. The molecule has 0 bridgehead atoms. The van der Waals surface area contributed by atoms with Crippen molar-refractivity contribution >= 4 is 51.0 Å². The van der Waals surface area contributed by atoms with Gasteiger partial charge in [-0.25, -0.2) is 18.4 Å². The van der Waals surface area contributed by atoms with Crippen LogP contribution in [-0.4, -0.2) is 83.5 Å². The molecule has 10 nitrogen and oxygen atoms in total. The number of unbranched alkanes of at least 4 members (excludes halogenated alkanes) is 5. The number of hydrogen-bond donors (Lipinski definition) is 0. The van der Waals surface area contributed by atoms with Crippen LogP contribution < -0.4 is 0 Å². The Kier molecular flexibility index (Phi) is 13.9. The van der Waals surface area contributed by atoms with Crippen molar-refractivity contribution in [1.29, 1.82) is 0 Å². The molecule has 1 aliphatic rings. The average Bonchev–Trinajstić information content (AvgIpc) is 3.45. The summed E-state index contributed by atoms with van der Waals surface area (Å²) >= 11 is 6.02. The zero-order chi connectivity index (χ0) is 27.7. The quantitative estimate of drug-likeness (QED) is 0.115. The van der Waals surface area contributed by atoms with E-state index in [1.165, 1.54) is 7.11 Å². The molecule has 222 valence electrons. The SMILES string of the molecule is COC(=O)CCCCCO[C@@H]1CCN(CCCCCCn2c(C)nc3nc(Cl)nc(S(=O)(=O)C(C)C)c32)C1.Cl. The van der Waals surface area contributed by atoms with Crippen LogP contribution in [0.3, 0.4) is 0 Å². The highest BCUT2D eigenvalue weighted by Gasteiger charge is 2.28. The van der Waals surface area contributed by atoms with Gasteiger partial charge in [-0.15, -0.1) is 12.4 Å². The summed E-state index contributed by atoms with van der Waals surface area (Å²) in [7, 11) is -2.21. The standard InChI is InChI=1S/C26H42ClN5O5S.ClH/c1-19(2)38(34,35)25-23-24(29-26(27)30-25)28-20(3)32(23)15-10-6-5-9-14-31-16-13-21(18-31)37-17-11-7-8-12-22(33)36-4;/h19,21H,5-18H2,1-4H3;1H/t21-;/m1./s1. The number of methoxy groups -OCH3 is 1. The van der Waals surface area contributed by atoms with Crippen LogP contribution in [0.15, 0.2) is 5.03 Å². The lowest BCUT2D eigenvalue weighted by Gasteiger charge is -2.16. The molecule has 0 saturated carbocycles. The molecule has 2 aromatic rings. The maximum absolute atomic E-state index is 12.9. The van der Waals surface area contributed by atoms with E-state index >= 15 is 0 Å². The van der Waals surface area contributed by atoms with Crippen LogP contribution in [0.5, 0.6) is 0 Å². The monoisotopic (exact) mass is 607 g/mol. The highest BCUT2D eigenvalue weighted by Crippen LogP contribution is 2.26. The van der Waals surface area contributed by atoms with Crippen LogP contribution in [0, 0.1) is 6.92 Å². The minimum absolute atomic E-state index is 0. The van der Waals surface area contributed by atoms with E-state index in [9.17, 15) is 13.2 Å². The number of halogens is 2. The van der Waals surface area contributed by atoms with Gasteiger partial charge in [0, 0.05) is 32.7 Å². The summed E-state index contributed by atoms with van der Waals surface area (Å²) in [5, 5.41) is -0.754. The van der Waals surface area contributed by atoms with Crippen molar-refractivity contribution in [2.45, 2.75) is 101 Å². The summed E-state index contributed by atoms with van der Waals surface area (Å²) in [4.78, 5) is 26.3. The molecule has 0 spiro atoms. The zero-order valence-corrected chi connectivity index (χ0v) is 25.9. The summed E-state index contributed by atoms with van der Waals surface area (Å²) < 4.78 is 38.5. The van der Waals surface area contributed by atoms with E-state index < -0.39 is 15.1 Å². The van der Waals surface area contributed by atoms with Gasteiger partial charge in [-0.2, -0.15) is 4.98 Å². The van der Waals surface area contributed by atoms with E-state index in [-0.39, 0.29) is 28.7 Å². The number of aromatic nitrogens is 4. The van der Waals surface area contributed by atoms with Gasteiger partial charge in [-0.1, -0.05) is 19.3 Å². The van der Waals surface area contributed by atoms with Crippen molar-refractivity contribution in [3.05, 3.63) is 11.1 Å². The van der Waals surface area contributed by atoms with E-state index in [1.807, 2.05) is 11.5 Å². The lowest BCUT2D eigenvalue weighted by Crippen LogP contribution is -2.24. The first kappa shape index (κ1) is 33.7. The number of fused-ring (bicyclic) bond motifs is 1. The Labute approximate surface area is 243 Å². The smallest absolute Gasteiger partial charge is 0.305 e. The third-order valence-corrected chi connectivity index (χ3v) is 9.30. The second kappa shape index (κ2) is 16.0. The van der Waals surface area contributed by atoms with Crippen LogP contribution in [0.2, 0.25) is 5.28 Å². The third-order valence-electron chi connectivity index (χ3n) is 7.07. The Morgan fingerprint density at radius 3 is 2.44 bits per heavy atom. The zero-order valence-electron chi connectivity index (χ0n) is 23.5. The molecule has 3 heterocycles.